The van der Waals surface area contributed by atoms with Gasteiger partial charge in [0, 0.05) is 45.1 Å². The fourth-order valence-corrected chi connectivity index (χ4v) is 7.24. The van der Waals surface area contributed by atoms with E-state index < -0.39 is 72.0 Å². The molecule has 5 rings (SSSR count). The van der Waals surface area contributed by atoms with Crippen molar-refractivity contribution in [2.24, 2.45) is 0 Å². The highest BCUT2D eigenvalue weighted by Crippen LogP contribution is 2.49. The molecule has 0 aromatic carbocycles. The molecular weight excluding hydrogens is 558 g/mol. The van der Waals surface area contributed by atoms with Crippen LogP contribution in [0, 0.1) is 11.3 Å². The van der Waals surface area contributed by atoms with Crippen LogP contribution in [-0.2, 0) is 38.2 Å². The van der Waals surface area contributed by atoms with Crippen LogP contribution >= 0.6 is 0 Å². The van der Waals surface area contributed by atoms with E-state index in [1.807, 2.05) is 0 Å². The van der Waals surface area contributed by atoms with E-state index in [1.54, 1.807) is 36.8 Å². The van der Waals surface area contributed by atoms with Gasteiger partial charge in [-0.3, -0.25) is 29.0 Å². The summed E-state index contributed by atoms with van der Waals surface area (Å²) in [7, 11) is 4.21. The number of hydrogen-bond acceptors (Lipinski definition) is 12. The number of esters is 1. The summed E-state index contributed by atoms with van der Waals surface area (Å²) in [6.45, 7) is 5.77. The third-order valence-electron chi connectivity index (χ3n) is 9.39. The first-order valence-corrected chi connectivity index (χ1v) is 13.9. The van der Waals surface area contributed by atoms with E-state index >= 15 is 0 Å². The Morgan fingerprint density at radius 2 is 1.58 bits per heavy atom. The van der Waals surface area contributed by atoms with Gasteiger partial charge < -0.3 is 19.3 Å². The number of ether oxygens (including phenoxy) is 3. The van der Waals surface area contributed by atoms with Crippen LogP contribution in [-0.4, -0.2) is 108 Å². The molecule has 0 amide bonds. The average molecular weight is 592 g/mol. The summed E-state index contributed by atoms with van der Waals surface area (Å²) < 4.78 is 16.2. The second kappa shape index (κ2) is 10.8. The van der Waals surface area contributed by atoms with Crippen molar-refractivity contribution in [3.05, 3.63) is 56.6 Å². The predicted molar refractivity (Wildman–Crippen MR) is 149 cm³/mol. The van der Waals surface area contributed by atoms with Crippen molar-refractivity contribution >= 4 is 29.1 Å². The molecule has 12 nitrogen and oxygen atoms in total. The van der Waals surface area contributed by atoms with Gasteiger partial charge in [-0.15, -0.1) is 0 Å². The molecule has 3 heterocycles. The van der Waals surface area contributed by atoms with Gasteiger partial charge in [-0.1, -0.05) is 6.08 Å². The lowest BCUT2D eigenvalue weighted by Gasteiger charge is -2.61. The molecule has 3 aliphatic heterocycles. The lowest BCUT2D eigenvalue weighted by atomic mass is 9.66. The SMILES string of the molecule is C/C=C(/C)C(=O)OC[C@H]1C2=C(C[C@H]3[C@H]4C5=C(C(=O)C(C)=C(OC)C5=O)[C@H](O)[C@@H]([C@H](C#N)N13)N4C)C(=O)C(C)=C(OC)C2=O. The maximum atomic E-state index is 13.9. The van der Waals surface area contributed by atoms with Crippen LogP contribution in [0.4, 0.5) is 0 Å². The molecule has 5 aliphatic rings. The standard InChI is InChI=1S/C31H33N3O9/c1-8-12(2)31(40)43-11-18-19-15(24(35)13(3)29(41-6)27(19)38)9-16-22-20-21(25(36)14(4)30(42-7)28(20)39)26(37)23(33(22)5)17(10-32)34(16)18/h8,16-18,22-23,26,37H,9,11H2,1-7H3/b12-8-/t16-,17-,18-,22-,23+,26-/m0/s1. The molecule has 0 aromatic rings. The smallest absolute Gasteiger partial charge is 0.333 e. The first-order chi connectivity index (χ1) is 20.4. The molecule has 2 bridgehead atoms. The van der Waals surface area contributed by atoms with Gasteiger partial charge in [0.1, 0.15) is 18.8 Å². The Kier molecular flexibility index (Phi) is 7.62. The number of piperazine rings is 1. The molecular formula is C31H33N3O9. The summed E-state index contributed by atoms with van der Waals surface area (Å²) in [5, 5.41) is 22.2. The fourth-order valence-electron chi connectivity index (χ4n) is 7.24. The molecule has 1 fully saturated rings. The van der Waals surface area contributed by atoms with Crippen molar-refractivity contribution in [3.8, 4) is 6.07 Å². The normalized spacial score (nSPS) is 31.6. The Bertz CT molecular complexity index is 1590. The van der Waals surface area contributed by atoms with Crippen molar-refractivity contribution in [3.63, 3.8) is 0 Å². The van der Waals surface area contributed by atoms with Crippen molar-refractivity contribution in [2.45, 2.75) is 70.4 Å². The van der Waals surface area contributed by atoms with Crippen molar-refractivity contribution in [2.75, 3.05) is 27.9 Å². The van der Waals surface area contributed by atoms with Gasteiger partial charge >= 0.3 is 5.97 Å². The molecule has 0 spiro atoms. The summed E-state index contributed by atoms with van der Waals surface area (Å²) in [5.41, 5.74) is 0.623. The molecule has 43 heavy (non-hydrogen) atoms. The van der Waals surface area contributed by atoms with E-state index in [0.29, 0.717) is 5.57 Å². The van der Waals surface area contributed by atoms with Crippen molar-refractivity contribution < 1.29 is 43.3 Å². The van der Waals surface area contributed by atoms with E-state index in [2.05, 4.69) is 6.07 Å². The van der Waals surface area contributed by atoms with Gasteiger partial charge in [-0.05, 0) is 41.2 Å². The number of fused-ring (bicyclic) bond motifs is 5. The first-order valence-electron chi connectivity index (χ1n) is 13.9. The number of ketones is 4. The molecule has 0 unspecified atom stereocenters. The zero-order valence-corrected chi connectivity index (χ0v) is 25.0. The Hall–Kier alpha value is -4.18. The Labute approximate surface area is 248 Å². The number of carbonyl (C=O) groups is 5. The number of rotatable bonds is 5. The molecule has 0 saturated carbocycles. The van der Waals surface area contributed by atoms with Crippen LogP contribution in [0.15, 0.2) is 56.6 Å². The highest BCUT2D eigenvalue weighted by atomic mass is 16.5. The second-order valence-electron chi connectivity index (χ2n) is 11.3. The van der Waals surface area contributed by atoms with Crippen LogP contribution in [0.5, 0.6) is 0 Å². The zero-order valence-electron chi connectivity index (χ0n) is 25.0. The number of aliphatic hydroxyl groups is 1. The summed E-state index contributed by atoms with van der Waals surface area (Å²) >= 11 is 0. The van der Waals surface area contributed by atoms with Crippen LogP contribution in [0.1, 0.15) is 34.1 Å². The van der Waals surface area contributed by atoms with Gasteiger partial charge in [0.25, 0.3) is 0 Å². The van der Waals surface area contributed by atoms with Crippen LogP contribution in [0.3, 0.4) is 0 Å². The lowest BCUT2D eigenvalue weighted by Crippen LogP contribution is -2.76. The molecule has 1 N–H and O–H groups in total. The Balaban J connectivity index is 1.74. The molecule has 1 saturated heterocycles. The monoisotopic (exact) mass is 591 g/mol. The third kappa shape index (κ3) is 4.10. The topological polar surface area (TPSA) is 164 Å². The number of carbonyl (C=O) groups excluding carboxylic acids is 5. The molecule has 226 valence electrons. The molecule has 12 heteroatoms. The molecule has 0 radical (unpaired) electrons. The van der Waals surface area contributed by atoms with Gasteiger partial charge in [0.2, 0.25) is 11.6 Å². The number of aliphatic hydroxyl groups excluding tert-OH is 1. The Morgan fingerprint density at radius 1 is 1.00 bits per heavy atom. The van der Waals surface area contributed by atoms with Crippen LogP contribution in [0.2, 0.25) is 0 Å². The van der Waals surface area contributed by atoms with E-state index in [9.17, 15) is 34.3 Å². The molecule has 2 aliphatic carbocycles. The predicted octanol–water partition coefficient (Wildman–Crippen LogP) is 0.626. The van der Waals surface area contributed by atoms with Gasteiger partial charge in [0.15, 0.2) is 23.1 Å². The minimum absolute atomic E-state index is 0.0223. The third-order valence-corrected chi connectivity index (χ3v) is 9.39. The molecule has 0 aromatic heterocycles. The largest absolute Gasteiger partial charge is 0.492 e. The maximum Gasteiger partial charge on any atom is 0.333 e. The summed E-state index contributed by atoms with van der Waals surface area (Å²) in [4.78, 5) is 71.0. The second-order valence-corrected chi connectivity index (χ2v) is 11.3. The Morgan fingerprint density at radius 3 is 2.14 bits per heavy atom. The molecule has 6 atom stereocenters. The average Bonchev–Trinajstić information content (AvgIpc) is 2.98. The van der Waals surface area contributed by atoms with E-state index in [-0.39, 0.29) is 51.4 Å². The number of allylic oxidation sites excluding steroid dienone is 5. The van der Waals surface area contributed by atoms with Gasteiger partial charge in [-0.2, -0.15) is 5.26 Å². The van der Waals surface area contributed by atoms with E-state index in [0.717, 1.165) is 0 Å². The van der Waals surface area contributed by atoms with E-state index in [1.165, 1.54) is 28.1 Å². The number of hydrogen-bond donors (Lipinski definition) is 1. The lowest BCUT2D eigenvalue weighted by molar-refractivity contribution is -0.145. The number of Topliss-reactive ketones (excluding diaryl/α,β-unsaturated/α-hetero) is 4. The van der Waals surface area contributed by atoms with Gasteiger partial charge in [-0.25, -0.2) is 4.79 Å². The highest BCUT2D eigenvalue weighted by molar-refractivity contribution is 6.26. The summed E-state index contributed by atoms with van der Waals surface area (Å²) in [6, 6.07) is -2.66. The van der Waals surface area contributed by atoms with E-state index in [4.69, 9.17) is 14.2 Å². The number of methoxy groups -OCH3 is 2. The number of nitrogens with zero attached hydrogens (tertiary/aromatic N) is 3. The van der Waals surface area contributed by atoms with Gasteiger partial charge in [0.05, 0.1) is 38.4 Å². The van der Waals surface area contributed by atoms with Crippen molar-refractivity contribution in [1.82, 2.24) is 9.80 Å². The zero-order chi connectivity index (χ0) is 31.7. The summed E-state index contributed by atoms with van der Waals surface area (Å²) in [6.07, 6.45) is -0.0135. The van der Waals surface area contributed by atoms with Crippen LogP contribution in [0.25, 0.3) is 0 Å². The van der Waals surface area contributed by atoms with Crippen LogP contribution < -0.4 is 0 Å². The highest BCUT2D eigenvalue weighted by Gasteiger charge is 2.62. The minimum atomic E-state index is -1.53. The first kappa shape index (κ1) is 30.3. The van der Waals surface area contributed by atoms with Crippen molar-refractivity contribution in [1.29, 1.82) is 5.26 Å². The minimum Gasteiger partial charge on any atom is -0.492 e. The number of nitriles is 1. The summed E-state index contributed by atoms with van der Waals surface area (Å²) in [5.74, 6) is -3.07. The fraction of sp³-hybridized carbons (Fsp3) is 0.484. The maximum absolute atomic E-state index is 13.9. The number of likely N-dealkylation sites (N-methyl/N-ethyl adjacent to an activating group) is 1. The quantitative estimate of drug-likeness (QED) is 0.270.